The van der Waals surface area contributed by atoms with Crippen molar-refractivity contribution >= 4 is 34.3 Å². The molecular formula is C20H20F2N6OS. The monoisotopic (exact) mass is 430 g/mol. The Bertz CT molecular complexity index is 1080. The highest BCUT2D eigenvalue weighted by atomic mass is 32.1. The molecule has 4 rings (SSSR count). The van der Waals surface area contributed by atoms with Crippen LogP contribution in [0, 0.1) is 11.6 Å². The van der Waals surface area contributed by atoms with Gasteiger partial charge in [-0.05, 0) is 18.9 Å². The summed E-state index contributed by atoms with van der Waals surface area (Å²) in [5.74, 6) is -2.32. The summed E-state index contributed by atoms with van der Waals surface area (Å²) in [6.45, 7) is 1.32. The fraction of sp³-hybridized carbons (Fsp3) is 0.250. The number of carbonyl (C=O) groups is 1. The average molecular weight is 430 g/mol. The second kappa shape index (κ2) is 8.33. The molecule has 1 aliphatic rings. The predicted octanol–water partition coefficient (Wildman–Crippen LogP) is 3.25. The molecule has 0 bridgehead atoms. The number of benzene rings is 1. The quantitative estimate of drug-likeness (QED) is 0.548. The smallest absolute Gasteiger partial charge is 0.275 e. The Hall–Kier alpha value is -3.11. The van der Waals surface area contributed by atoms with Crippen LogP contribution in [0.25, 0.3) is 11.1 Å². The van der Waals surface area contributed by atoms with Gasteiger partial charge in [0.1, 0.15) is 11.5 Å². The van der Waals surface area contributed by atoms with Crippen molar-refractivity contribution < 1.29 is 13.6 Å². The van der Waals surface area contributed by atoms with Gasteiger partial charge in [-0.1, -0.05) is 0 Å². The molecule has 156 valence electrons. The van der Waals surface area contributed by atoms with Crippen molar-refractivity contribution in [1.82, 2.24) is 9.97 Å². The SMILES string of the molecule is Nc1c(F)cc(NC(=O)c2cscn2)c(F)c1-c1cnccc1N1CCC[C@H](N)C1. The summed E-state index contributed by atoms with van der Waals surface area (Å²) in [6.07, 6.45) is 4.81. The van der Waals surface area contributed by atoms with Crippen LogP contribution in [-0.4, -0.2) is 35.0 Å². The van der Waals surface area contributed by atoms with Crippen molar-refractivity contribution in [3.63, 3.8) is 0 Å². The lowest BCUT2D eigenvalue weighted by molar-refractivity contribution is 0.102. The van der Waals surface area contributed by atoms with E-state index in [0.717, 1.165) is 25.5 Å². The number of nitrogen functional groups attached to an aromatic ring is 1. The van der Waals surface area contributed by atoms with Crippen molar-refractivity contribution in [3.8, 4) is 11.1 Å². The zero-order valence-corrected chi connectivity index (χ0v) is 16.8. The molecule has 1 aromatic carbocycles. The number of amides is 1. The first-order valence-corrected chi connectivity index (χ1v) is 10.3. The van der Waals surface area contributed by atoms with Gasteiger partial charge in [0.05, 0.1) is 16.9 Å². The molecule has 0 saturated carbocycles. The minimum absolute atomic E-state index is 0.0116. The van der Waals surface area contributed by atoms with E-state index in [1.165, 1.54) is 28.4 Å². The van der Waals surface area contributed by atoms with Crippen LogP contribution >= 0.6 is 11.3 Å². The molecule has 0 radical (unpaired) electrons. The van der Waals surface area contributed by atoms with Gasteiger partial charge in [-0.25, -0.2) is 13.8 Å². The Labute approximate surface area is 175 Å². The van der Waals surface area contributed by atoms with Crippen molar-refractivity contribution in [2.75, 3.05) is 29.0 Å². The third-order valence-electron chi connectivity index (χ3n) is 5.03. The number of halogens is 2. The molecule has 5 N–H and O–H groups in total. The topological polar surface area (TPSA) is 110 Å². The maximum Gasteiger partial charge on any atom is 0.275 e. The van der Waals surface area contributed by atoms with Crippen LogP contribution in [0.4, 0.5) is 25.8 Å². The fourth-order valence-electron chi connectivity index (χ4n) is 3.59. The first-order valence-electron chi connectivity index (χ1n) is 9.37. The number of piperidine rings is 1. The van der Waals surface area contributed by atoms with Crippen molar-refractivity contribution in [1.29, 1.82) is 0 Å². The number of nitrogens with two attached hydrogens (primary N) is 2. The molecule has 7 nitrogen and oxygen atoms in total. The summed E-state index contributed by atoms with van der Waals surface area (Å²) in [6, 6.07) is 2.58. The Morgan fingerprint density at radius 1 is 1.37 bits per heavy atom. The van der Waals surface area contributed by atoms with Crippen LogP contribution in [0.15, 0.2) is 35.4 Å². The summed E-state index contributed by atoms with van der Waals surface area (Å²) >= 11 is 1.22. The lowest BCUT2D eigenvalue weighted by Crippen LogP contribution is -2.43. The van der Waals surface area contributed by atoms with E-state index in [1.807, 2.05) is 4.90 Å². The van der Waals surface area contributed by atoms with Gasteiger partial charge in [0.15, 0.2) is 5.82 Å². The van der Waals surface area contributed by atoms with Crippen LogP contribution in [0.5, 0.6) is 0 Å². The lowest BCUT2D eigenvalue weighted by atomic mass is 9.99. The first-order chi connectivity index (χ1) is 14.5. The van der Waals surface area contributed by atoms with Crippen LogP contribution in [0.3, 0.4) is 0 Å². The van der Waals surface area contributed by atoms with Gasteiger partial charge in [-0.3, -0.25) is 9.78 Å². The van der Waals surface area contributed by atoms with Gasteiger partial charge in [-0.15, -0.1) is 11.3 Å². The molecule has 1 saturated heterocycles. The van der Waals surface area contributed by atoms with Crippen molar-refractivity contribution in [2.45, 2.75) is 18.9 Å². The molecule has 1 amide bonds. The van der Waals surface area contributed by atoms with Crippen LogP contribution in [-0.2, 0) is 0 Å². The Morgan fingerprint density at radius 2 is 2.20 bits per heavy atom. The highest BCUT2D eigenvalue weighted by Crippen LogP contribution is 2.40. The van der Waals surface area contributed by atoms with Gasteiger partial charge in [-0.2, -0.15) is 0 Å². The van der Waals surface area contributed by atoms with E-state index in [4.69, 9.17) is 11.5 Å². The zero-order valence-electron chi connectivity index (χ0n) is 15.9. The Balaban J connectivity index is 1.78. The van der Waals surface area contributed by atoms with Gasteiger partial charge in [0.2, 0.25) is 0 Å². The molecule has 10 heteroatoms. The molecule has 2 aromatic heterocycles. The first kappa shape index (κ1) is 20.2. The Kier molecular flexibility index (Phi) is 5.60. The number of nitrogens with one attached hydrogen (secondary N) is 1. The van der Waals surface area contributed by atoms with E-state index in [9.17, 15) is 9.18 Å². The van der Waals surface area contributed by atoms with Gasteiger partial charge in [0, 0.05) is 59.8 Å². The minimum Gasteiger partial charge on any atom is -0.396 e. The minimum atomic E-state index is -0.842. The number of carbonyl (C=O) groups excluding carboxylic acids is 1. The number of pyridine rings is 1. The van der Waals surface area contributed by atoms with E-state index in [-0.39, 0.29) is 28.7 Å². The number of hydrogen-bond donors (Lipinski definition) is 3. The van der Waals surface area contributed by atoms with Crippen LogP contribution in [0.2, 0.25) is 0 Å². The number of aromatic nitrogens is 2. The van der Waals surface area contributed by atoms with Crippen LogP contribution in [0.1, 0.15) is 23.3 Å². The maximum absolute atomic E-state index is 15.5. The fourth-order valence-corrected chi connectivity index (χ4v) is 4.12. The predicted molar refractivity (Wildman–Crippen MR) is 113 cm³/mol. The molecule has 1 aliphatic heterocycles. The van der Waals surface area contributed by atoms with Crippen molar-refractivity contribution in [3.05, 3.63) is 52.7 Å². The summed E-state index contributed by atoms with van der Waals surface area (Å²) in [4.78, 5) is 22.3. The standard InChI is InChI=1S/C20H20F2N6OS/c21-13-6-14(27-20(29)15-9-30-10-26-15)18(22)17(19(13)24)12-7-25-4-3-16(12)28-5-1-2-11(23)8-28/h3-4,6-7,9-11H,1-2,5,8,23-24H2,(H,27,29)/t11-/m0/s1. The number of thiazole rings is 1. The van der Waals surface area contributed by atoms with E-state index in [1.54, 1.807) is 12.3 Å². The average Bonchev–Trinajstić information content (AvgIpc) is 3.28. The summed E-state index contributed by atoms with van der Waals surface area (Å²) in [5.41, 5.74) is 13.8. The second-order valence-corrected chi connectivity index (χ2v) is 7.80. The molecule has 0 spiro atoms. The van der Waals surface area contributed by atoms with Gasteiger partial charge < -0.3 is 21.7 Å². The van der Waals surface area contributed by atoms with Gasteiger partial charge >= 0.3 is 0 Å². The summed E-state index contributed by atoms with van der Waals surface area (Å²) in [5, 5.41) is 3.89. The molecule has 1 atom stereocenters. The molecule has 30 heavy (non-hydrogen) atoms. The Morgan fingerprint density at radius 3 is 2.93 bits per heavy atom. The maximum atomic E-state index is 15.5. The number of hydrogen-bond acceptors (Lipinski definition) is 7. The highest BCUT2D eigenvalue weighted by molar-refractivity contribution is 7.07. The molecular weight excluding hydrogens is 410 g/mol. The highest BCUT2D eigenvalue weighted by Gasteiger charge is 2.25. The molecule has 3 aromatic rings. The third kappa shape index (κ3) is 3.83. The van der Waals surface area contributed by atoms with E-state index in [0.29, 0.717) is 17.8 Å². The summed E-state index contributed by atoms with van der Waals surface area (Å²) < 4.78 is 30.1. The molecule has 0 aliphatic carbocycles. The van der Waals surface area contributed by atoms with Crippen molar-refractivity contribution in [2.24, 2.45) is 5.73 Å². The number of rotatable bonds is 4. The number of nitrogens with zero attached hydrogens (tertiary/aromatic N) is 3. The lowest BCUT2D eigenvalue weighted by Gasteiger charge is -2.34. The van der Waals surface area contributed by atoms with Crippen LogP contribution < -0.4 is 21.7 Å². The van der Waals surface area contributed by atoms with Gasteiger partial charge in [0.25, 0.3) is 5.91 Å². The zero-order chi connectivity index (χ0) is 21.3. The number of anilines is 3. The molecule has 0 unspecified atom stereocenters. The van der Waals surface area contributed by atoms with E-state index >= 15 is 4.39 Å². The van der Waals surface area contributed by atoms with E-state index < -0.39 is 17.5 Å². The molecule has 1 fully saturated rings. The summed E-state index contributed by atoms with van der Waals surface area (Å²) in [7, 11) is 0. The molecule has 3 heterocycles. The largest absolute Gasteiger partial charge is 0.396 e. The second-order valence-electron chi connectivity index (χ2n) is 7.08. The third-order valence-corrected chi connectivity index (χ3v) is 5.62. The van der Waals surface area contributed by atoms with E-state index in [2.05, 4.69) is 15.3 Å². The normalized spacial score (nSPS) is 16.5.